The van der Waals surface area contributed by atoms with Gasteiger partial charge in [-0.1, -0.05) is 127 Å². The molecule has 0 bridgehead atoms. The minimum absolute atomic E-state index is 0.0113. The molecule has 9 N–H and O–H groups in total. The van der Waals surface area contributed by atoms with Crippen molar-refractivity contribution >= 4 is 58.1 Å². The fourth-order valence-corrected chi connectivity index (χ4v) is 9.45. The highest BCUT2D eigenvalue weighted by Crippen LogP contribution is 2.21. The maximum Gasteiger partial charge on any atom is 0.321 e. The van der Waals surface area contributed by atoms with Crippen LogP contribution in [0.4, 0.5) is 0 Å². The highest BCUT2D eigenvalue weighted by molar-refractivity contribution is 5.91. The second-order valence-corrected chi connectivity index (χ2v) is 25.2. The van der Waals surface area contributed by atoms with Crippen LogP contribution in [-0.4, -0.2) is 142 Å². The van der Waals surface area contributed by atoms with E-state index in [0.717, 1.165) is 31.2 Å². The zero-order valence-corrected chi connectivity index (χ0v) is 57.8. The molecule has 0 spiro atoms. The Labute approximate surface area is 516 Å². The summed E-state index contributed by atoms with van der Waals surface area (Å²) in [6.07, 6.45) is 5.34. The number of carbonyl (C=O) groups is 10. The second-order valence-electron chi connectivity index (χ2n) is 25.2. The smallest absolute Gasteiger partial charge is 0.321 e. The van der Waals surface area contributed by atoms with Crippen LogP contribution in [0.1, 0.15) is 195 Å². The van der Waals surface area contributed by atoms with Crippen LogP contribution in [0.15, 0.2) is 30.3 Å². The summed E-state index contributed by atoms with van der Waals surface area (Å²) in [6, 6.07) is 8.69. The van der Waals surface area contributed by atoms with Crippen molar-refractivity contribution < 1.29 is 53.1 Å². The first-order valence-electron chi connectivity index (χ1n) is 31.0. The number of Topliss-reactive ketones (excluding diaryl/α,β-unsaturated/α-hetero) is 8. The Hall–Kier alpha value is -4.72. The second kappa shape index (κ2) is 51.3. The molecule has 85 heavy (non-hydrogen) atoms. The number of amides is 1. The molecule has 0 aliphatic carbocycles. The van der Waals surface area contributed by atoms with Gasteiger partial charge in [0.2, 0.25) is 5.91 Å². The van der Waals surface area contributed by atoms with Gasteiger partial charge in [0.05, 0.1) is 30.2 Å². The summed E-state index contributed by atoms with van der Waals surface area (Å²) >= 11 is 0. The maximum absolute atomic E-state index is 12.2. The molecule has 0 aliphatic heterocycles. The molecular weight excluding hydrogens is 1080 g/mol. The van der Waals surface area contributed by atoms with Crippen molar-refractivity contribution in [3.05, 3.63) is 35.9 Å². The van der Waals surface area contributed by atoms with Crippen molar-refractivity contribution in [2.45, 2.75) is 232 Å². The van der Waals surface area contributed by atoms with E-state index in [1.807, 2.05) is 100 Å². The van der Waals surface area contributed by atoms with Gasteiger partial charge in [-0.2, -0.15) is 0 Å². The van der Waals surface area contributed by atoms with E-state index in [1.165, 1.54) is 6.92 Å². The fraction of sp³-hybridized carbons (Fsp3) is 0.761. The van der Waals surface area contributed by atoms with Crippen molar-refractivity contribution in [2.24, 2.45) is 64.9 Å². The first-order chi connectivity index (χ1) is 39.3. The molecule has 9 atom stereocenters. The van der Waals surface area contributed by atoms with E-state index in [-0.39, 0.29) is 113 Å². The molecule has 494 valence electrons. The van der Waals surface area contributed by atoms with Gasteiger partial charge in [-0.05, 0) is 162 Å². The number of rotatable bonds is 37. The number of aliphatic carboxylic acids is 1. The molecule has 0 radical (unpaired) electrons. The van der Waals surface area contributed by atoms with Crippen LogP contribution in [0, 0.1) is 59.2 Å². The Bertz CT molecular complexity index is 2040. The van der Waals surface area contributed by atoms with Gasteiger partial charge in [-0.3, -0.25) is 47.9 Å². The molecule has 18 heteroatoms. The van der Waals surface area contributed by atoms with Gasteiger partial charge in [0.25, 0.3) is 0 Å². The van der Waals surface area contributed by atoms with E-state index >= 15 is 0 Å². The van der Waals surface area contributed by atoms with E-state index in [9.17, 15) is 47.9 Å². The summed E-state index contributed by atoms with van der Waals surface area (Å²) in [5.41, 5.74) is 6.09. The maximum atomic E-state index is 12.2. The van der Waals surface area contributed by atoms with Crippen LogP contribution in [0.25, 0.3) is 0 Å². The molecular formula is C67H125N7O11. The molecule has 0 fully saturated rings. The first kappa shape index (κ1) is 89.0. The molecule has 1 rings (SSSR count). The number of hydrogen-bond donors (Lipinski definition) is 8. The number of ketones is 8. The molecule has 0 saturated heterocycles. The minimum Gasteiger partial charge on any atom is -0.480 e. The van der Waals surface area contributed by atoms with Gasteiger partial charge in [-0.25, -0.2) is 0 Å². The van der Waals surface area contributed by atoms with Gasteiger partial charge in [0.1, 0.15) is 46.5 Å². The predicted octanol–water partition coefficient (Wildman–Crippen LogP) is 8.86. The van der Waals surface area contributed by atoms with Gasteiger partial charge in [0, 0.05) is 43.4 Å². The number of benzene rings is 1. The van der Waals surface area contributed by atoms with Crippen LogP contribution in [0.2, 0.25) is 0 Å². The highest BCUT2D eigenvalue weighted by Gasteiger charge is 2.28. The Balaban J connectivity index is -0.000000306. The van der Waals surface area contributed by atoms with Gasteiger partial charge >= 0.3 is 5.97 Å². The minimum atomic E-state index is -0.814. The summed E-state index contributed by atoms with van der Waals surface area (Å²) in [7, 11) is 10.6. The van der Waals surface area contributed by atoms with Crippen LogP contribution in [-0.2, 0) is 54.4 Å². The number of nitrogens with two attached hydrogens (primary N) is 1. The number of primary amides is 1. The van der Waals surface area contributed by atoms with Crippen molar-refractivity contribution in [1.82, 2.24) is 31.9 Å². The van der Waals surface area contributed by atoms with Crippen LogP contribution in [0.3, 0.4) is 0 Å². The molecule has 1 aromatic rings. The largest absolute Gasteiger partial charge is 0.480 e. The van der Waals surface area contributed by atoms with Gasteiger partial charge < -0.3 is 42.7 Å². The number of carboxylic acid groups (broad SMARTS) is 1. The molecule has 1 aromatic carbocycles. The zero-order chi connectivity index (χ0) is 67.4. The summed E-state index contributed by atoms with van der Waals surface area (Å²) in [5.74, 6) is 1.87. The molecule has 0 heterocycles. The van der Waals surface area contributed by atoms with Crippen molar-refractivity contribution in [1.29, 1.82) is 0 Å². The SMILES string of the molecule is CNC(C(=O)CC(CCC(N)=O)C(C)=O)C(C)C.CNC(C(C)=O)C(C)C.CNC(CC(C)C)C(=O)CC(C(C)=O)C(C)C.CNC(CC(C)C)C(=O)CC(CC(C)C)C(C)=O.CNC(CC(C)C)C(C)=O.CNC(Cc1ccccc1)C(=O)O. The molecule has 0 saturated carbocycles. The van der Waals surface area contributed by atoms with Crippen LogP contribution in [0.5, 0.6) is 0 Å². The number of carbonyl (C=O) groups excluding carboxylic acids is 9. The Morgan fingerprint density at radius 1 is 0.412 bits per heavy atom. The predicted molar refractivity (Wildman–Crippen MR) is 348 cm³/mol. The standard InChI is InChI=1S/C15H29NO2.C14H27NO2.C13H24N2O3.C10H13NO2.C8H17NO.C7H15NO/c1-10(2)7-13(12(5)17)9-15(18)14(16-6)8-11(3)4;1-9(2)7-13(15-6)14(17)8-12(10(3)4)11(5)16;1-8(2)13(15-4)11(17)7-10(9(3)16)5-6-12(14)18;1-11-9(10(12)13)7-8-5-3-2-4-6-8;1-6(2)5-8(9-4)7(3)10;1-5(2)7(8-4)6(3)9/h10-11,13-14,16H,7-9H2,1-6H3;9-10,12-13,15H,7-8H2,1-6H3;8,10,13,15H,5-7H2,1-4H3,(H2,14,18);2-6,9,11H,7H2,1H3,(H,12,13);6,8-9H,5H2,1-4H3;5,7-8H,1-4H3. The lowest BCUT2D eigenvalue weighted by molar-refractivity contribution is -0.139. The van der Waals surface area contributed by atoms with E-state index < -0.39 is 23.8 Å². The van der Waals surface area contributed by atoms with Gasteiger partial charge in [-0.15, -0.1) is 0 Å². The molecule has 1 amide bonds. The highest BCUT2D eigenvalue weighted by atomic mass is 16.4. The van der Waals surface area contributed by atoms with E-state index in [4.69, 9.17) is 10.8 Å². The van der Waals surface area contributed by atoms with Crippen molar-refractivity contribution in [3.63, 3.8) is 0 Å². The Kier molecular flexibility index (Phi) is 53.8. The lowest BCUT2D eigenvalue weighted by atomic mass is 9.85. The van der Waals surface area contributed by atoms with Crippen LogP contribution >= 0.6 is 0 Å². The number of carboxylic acids is 1. The Morgan fingerprint density at radius 3 is 1.05 bits per heavy atom. The third-order valence-electron chi connectivity index (χ3n) is 14.4. The Morgan fingerprint density at radius 2 is 0.788 bits per heavy atom. The monoisotopic (exact) mass is 1200 g/mol. The number of nitrogens with one attached hydrogen (secondary N) is 6. The lowest BCUT2D eigenvalue weighted by Crippen LogP contribution is -2.40. The fourth-order valence-electron chi connectivity index (χ4n) is 9.45. The normalized spacial score (nSPS) is 14.2. The molecule has 0 aliphatic rings. The third-order valence-corrected chi connectivity index (χ3v) is 14.4. The molecule has 0 aromatic heterocycles. The number of hydrogen-bond acceptors (Lipinski definition) is 16. The zero-order valence-electron chi connectivity index (χ0n) is 57.8. The first-order valence-corrected chi connectivity index (χ1v) is 31.0. The summed E-state index contributed by atoms with van der Waals surface area (Å²) < 4.78 is 0. The number of likely N-dealkylation sites (N-methyl/N-ethyl adjacent to an activating group) is 6. The van der Waals surface area contributed by atoms with E-state index in [2.05, 4.69) is 87.3 Å². The van der Waals surface area contributed by atoms with Gasteiger partial charge in [0.15, 0.2) is 5.78 Å². The van der Waals surface area contributed by atoms with Crippen LogP contribution < -0.4 is 37.6 Å². The average Bonchev–Trinajstić information content (AvgIpc) is 3.51. The van der Waals surface area contributed by atoms with E-state index in [1.54, 1.807) is 41.8 Å². The van der Waals surface area contributed by atoms with Crippen molar-refractivity contribution in [2.75, 3.05) is 42.3 Å². The quantitative estimate of drug-likeness (QED) is 0.0309. The third kappa shape index (κ3) is 47.1. The van der Waals surface area contributed by atoms with Crippen molar-refractivity contribution in [3.8, 4) is 0 Å². The summed E-state index contributed by atoms with van der Waals surface area (Å²) in [6.45, 7) is 36.6. The average molecular weight is 1200 g/mol. The molecule has 18 nitrogen and oxygen atoms in total. The molecule has 9 unspecified atom stereocenters. The summed E-state index contributed by atoms with van der Waals surface area (Å²) in [5, 5.41) is 26.5. The lowest BCUT2D eigenvalue weighted by Gasteiger charge is -2.22. The topological polar surface area (TPSA) is 289 Å². The summed E-state index contributed by atoms with van der Waals surface area (Å²) in [4.78, 5) is 114. The van der Waals surface area contributed by atoms with E-state index in [0.29, 0.717) is 55.3 Å².